The number of hydrogen-bond donors (Lipinski definition) is 2. The van der Waals surface area contributed by atoms with Crippen molar-refractivity contribution < 1.29 is 0 Å². The predicted molar refractivity (Wildman–Crippen MR) is 91.9 cm³/mol. The lowest BCUT2D eigenvalue weighted by atomic mass is 10.0. The normalized spacial score (nSPS) is 13.2. The van der Waals surface area contributed by atoms with Crippen molar-refractivity contribution in [2.24, 2.45) is 11.5 Å². The minimum absolute atomic E-state index is 0.0485. The number of hydrogen-bond acceptors (Lipinski definition) is 2. The molecule has 20 heavy (non-hydrogen) atoms. The Balaban J connectivity index is 3.04. The fourth-order valence-electron chi connectivity index (χ4n) is 2.45. The molecule has 0 bridgehead atoms. The van der Waals surface area contributed by atoms with Crippen LogP contribution in [0.5, 0.6) is 0 Å². The van der Waals surface area contributed by atoms with Crippen molar-refractivity contribution in [3.8, 4) is 0 Å². The van der Waals surface area contributed by atoms with E-state index >= 15 is 0 Å². The highest BCUT2D eigenvalue weighted by molar-refractivity contribution is 4.91. The van der Waals surface area contributed by atoms with Crippen molar-refractivity contribution in [2.75, 3.05) is 6.54 Å². The fraction of sp³-hybridized carbons (Fsp3) is 0.889. The first kappa shape index (κ1) is 19.7. The highest BCUT2D eigenvalue weighted by atomic mass is 14.7. The van der Waals surface area contributed by atoms with Crippen LogP contribution in [0.2, 0.25) is 0 Å². The standard InChI is InChI=1S/C18H38N2/c1-2-3-4-5-6-7-8-9-10-11-12-13-14-15-16-18(20)17-19/h15-16,18H,2-14,17,19-20H2,1H3/b16-15+/t18-/m1/s1. The number of unbranched alkanes of at least 4 members (excludes halogenated alkanes) is 12. The van der Waals surface area contributed by atoms with Gasteiger partial charge in [-0.2, -0.15) is 0 Å². The first-order valence-electron chi connectivity index (χ1n) is 8.93. The maximum Gasteiger partial charge on any atom is 0.0348 e. The molecule has 0 amide bonds. The molecule has 0 heterocycles. The van der Waals surface area contributed by atoms with Gasteiger partial charge in [0.2, 0.25) is 0 Å². The number of allylic oxidation sites excluding steroid dienone is 1. The van der Waals surface area contributed by atoms with Gasteiger partial charge in [-0.05, 0) is 12.8 Å². The largest absolute Gasteiger partial charge is 0.329 e. The van der Waals surface area contributed by atoms with Gasteiger partial charge < -0.3 is 11.5 Å². The second-order valence-corrected chi connectivity index (χ2v) is 6.01. The molecule has 0 aromatic heterocycles. The molecule has 0 spiro atoms. The van der Waals surface area contributed by atoms with Crippen LogP contribution in [0.1, 0.15) is 90.4 Å². The smallest absolute Gasteiger partial charge is 0.0348 e. The van der Waals surface area contributed by atoms with Gasteiger partial charge in [-0.15, -0.1) is 0 Å². The quantitative estimate of drug-likeness (QED) is 0.331. The monoisotopic (exact) mass is 282 g/mol. The third-order valence-electron chi connectivity index (χ3n) is 3.88. The third-order valence-corrected chi connectivity index (χ3v) is 3.88. The zero-order chi connectivity index (χ0) is 14.9. The lowest BCUT2D eigenvalue weighted by molar-refractivity contribution is 0.545. The molecule has 4 N–H and O–H groups in total. The Bertz CT molecular complexity index is 202. The van der Waals surface area contributed by atoms with E-state index in [-0.39, 0.29) is 6.04 Å². The molecular weight excluding hydrogens is 244 g/mol. The van der Waals surface area contributed by atoms with Crippen molar-refractivity contribution >= 4 is 0 Å². The van der Waals surface area contributed by atoms with Crippen LogP contribution in [0.25, 0.3) is 0 Å². The van der Waals surface area contributed by atoms with E-state index in [4.69, 9.17) is 11.5 Å². The number of rotatable bonds is 15. The van der Waals surface area contributed by atoms with Gasteiger partial charge in [0, 0.05) is 12.6 Å². The van der Waals surface area contributed by atoms with Crippen LogP contribution < -0.4 is 11.5 Å². The molecule has 0 unspecified atom stereocenters. The summed E-state index contributed by atoms with van der Waals surface area (Å²) in [5.41, 5.74) is 11.2. The molecule has 0 aromatic rings. The summed E-state index contributed by atoms with van der Waals surface area (Å²) in [6.45, 7) is 2.83. The van der Waals surface area contributed by atoms with Gasteiger partial charge in [0.1, 0.15) is 0 Å². The molecule has 0 aliphatic heterocycles. The average Bonchev–Trinajstić information content (AvgIpc) is 2.47. The summed E-state index contributed by atoms with van der Waals surface area (Å²) in [5.74, 6) is 0. The average molecular weight is 283 g/mol. The molecule has 1 atom stereocenters. The summed E-state index contributed by atoms with van der Waals surface area (Å²) < 4.78 is 0. The zero-order valence-corrected chi connectivity index (χ0v) is 13.8. The molecule has 0 aliphatic rings. The Morgan fingerprint density at radius 1 is 0.750 bits per heavy atom. The Morgan fingerprint density at radius 3 is 1.65 bits per heavy atom. The molecule has 0 saturated carbocycles. The maximum atomic E-state index is 5.71. The minimum Gasteiger partial charge on any atom is -0.329 e. The van der Waals surface area contributed by atoms with E-state index < -0.39 is 0 Å². The second kappa shape index (κ2) is 16.7. The van der Waals surface area contributed by atoms with Crippen LogP contribution in [-0.4, -0.2) is 12.6 Å². The summed E-state index contributed by atoms with van der Waals surface area (Å²) in [5, 5.41) is 0. The van der Waals surface area contributed by atoms with Gasteiger partial charge in [0.25, 0.3) is 0 Å². The van der Waals surface area contributed by atoms with E-state index in [1.165, 1.54) is 77.0 Å². The first-order chi connectivity index (χ1) is 9.81. The maximum absolute atomic E-state index is 5.71. The highest BCUT2D eigenvalue weighted by Crippen LogP contribution is 2.12. The van der Waals surface area contributed by atoms with Crippen molar-refractivity contribution in [1.82, 2.24) is 0 Å². The van der Waals surface area contributed by atoms with Gasteiger partial charge in [0.05, 0.1) is 0 Å². The minimum atomic E-state index is 0.0485. The molecular formula is C18H38N2. The van der Waals surface area contributed by atoms with Gasteiger partial charge in [-0.3, -0.25) is 0 Å². The summed E-state index contributed by atoms with van der Waals surface area (Å²) in [7, 11) is 0. The topological polar surface area (TPSA) is 52.0 Å². The van der Waals surface area contributed by atoms with Crippen LogP contribution in [0.15, 0.2) is 12.2 Å². The second-order valence-electron chi connectivity index (χ2n) is 6.01. The summed E-state index contributed by atoms with van der Waals surface area (Å²) >= 11 is 0. The molecule has 2 heteroatoms. The van der Waals surface area contributed by atoms with Crippen LogP contribution >= 0.6 is 0 Å². The molecule has 0 aliphatic carbocycles. The van der Waals surface area contributed by atoms with Crippen molar-refractivity contribution in [2.45, 2.75) is 96.4 Å². The first-order valence-corrected chi connectivity index (χ1v) is 8.93. The van der Waals surface area contributed by atoms with Gasteiger partial charge in [-0.25, -0.2) is 0 Å². The van der Waals surface area contributed by atoms with Crippen molar-refractivity contribution in [3.05, 3.63) is 12.2 Å². The van der Waals surface area contributed by atoms with Gasteiger partial charge >= 0.3 is 0 Å². The van der Waals surface area contributed by atoms with Crippen LogP contribution in [0.4, 0.5) is 0 Å². The van der Waals surface area contributed by atoms with E-state index in [2.05, 4.69) is 13.0 Å². The number of nitrogens with two attached hydrogens (primary N) is 2. The van der Waals surface area contributed by atoms with E-state index in [0.717, 1.165) is 6.42 Å². The zero-order valence-electron chi connectivity index (χ0n) is 13.8. The Labute approximate surface area is 127 Å². The lowest BCUT2D eigenvalue weighted by Crippen LogP contribution is -2.26. The molecule has 0 radical (unpaired) electrons. The summed E-state index contributed by atoms with van der Waals surface area (Å²) in [6, 6.07) is 0.0485. The Kier molecular flexibility index (Phi) is 16.4. The summed E-state index contributed by atoms with van der Waals surface area (Å²) in [6.07, 6.45) is 22.3. The van der Waals surface area contributed by atoms with E-state index in [1.807, 2.05) is 6.08 Å². The molecule has 120 valence electrons. The molecule has 0 aromatic carbocycles. The van der Waals surface area contributed by atoms with Crippen molar-refractivity contribution in [3.63, 3.8) is 0 Å². The van der Waals surface area contributed by atoms with E-state index in [1.54, 1.807) is 0 Å². The van der Waals surface area contributed by atoms with Crippen LogP contribution in [0.3, 0.4) is 0 Å². The molecule has 0 rings (SSSR count). The van der Waals surface area contributed by atoms with Crippen LogP contribution in [-0.2, 0) is 0 Å². The van der Waals surface area contributed by atoms with Gasteiger partial charge in [0.15, 0.2) is 0 Å². The molecule has 0 fully saturated rings. The van der Waals surface area contributed by atoms with Gasteiger partial charge in [-0.1, -0.05) is 89.7 Å². The van der Waals surface area contributed by atoms with Crippen molar-refractivity contribution in [1.29, 1.82) is 0 Å². The van der Waals surface area contributed by atoms with E-state index in [9.17, 15) is 0 Å². The summed E-state index contributed by atoms with van der Waals surface area (Å²) in [4.78, 5) is 0. The van der Waals surface area contributed by atoms with E-state index in [0.29, 0.717) is 6.54 Å². The molecule has 2 nitrogen and oxygen atoms in total. The Morgan fingerprint density at radius 2 is 1.20 bits per heavy atom. The fourth-order valence-corrected chi connectivity index (χ4v) is 2.45. The van der Waals surface area contributed by atoms with Crippen LogP contribution in [0, 0.1) is 0 Å². The predicted octanol–water partition coefficient (Wildman–Crippen LogP) is 4.92. The SMILES string of the molecule is CCCCCCCCCCCCCC/C=C/[C@@H](N)CN. The molecule has 0 saturated heterocycles. The highest BCUT2D eigenvalue weighted by Gasteiger charge is 1.93. The third kappa shape index (κ3) is 15.7. The lowest BCUT2D eigenvalue weighted by Gasteiger charge is -2.02. The Hall–Kier alpha value is -0.340.